The van der Waals surface area contributed by atoms with Crippen LogP contribution < -0.4 is 5.32 Å². The van der Waals surface area contributed by atoms with Crippen molar-refractivity contribution in [3.63, 3.8) is 0 Å². The molecule has 0 bridgehead atoms. The number of allylic oxidation sites excluding steroid dienone is 2. The van der Waals surface area contributed by atoms with Crippen molar-refractivity contribution in [2.75, 3.05) is 6.54 Å². The van der Waals surface area contributed by atoms with Gasteiger partial charge in [-0.05, 0) is 31.0 Å². The first-order valence-electron chi connectivity index (χ1n) is 4.20. The Hall–Kier alpha value is -0.820. The predicted octanol–water partition coefficient (Wildman–Crippen LogP) is 1.79. The number of hydrogen-bond donors (Lipinski definition) is 1. The monoisotopic (exact) mass is 147 g/mol. The molecule has 0 aromatic carbocycles. The van der Waals surface area contributed by atoms with Gasteiger partial charge in [0.2, 0.25) is 0 Å². The summed E-state index contributed by atoms with van der Waals surface area (Å²) in [6, 6.07) is 0.509. The first-order chi connectivity index (χ1) is 5.42. The van der Waals surface area contributed by atoms with Crippen molar-refractivity contribution in [1.29, 1.82) is 0 Å². The first kappa shape index (κ1) is 6.86. The predicted molar refractivity (Wildman–Crippen MR) is 47.4 cm³/mol. The van der Waals surface area contributed by atoms with E-state index in [2.05, 4.69) is 36.5 Å². The largest absolute Gasteiger partial charge is 0.306 e. The van der Waals surface area contributed by atoms with Gasteiger partial charge in [-0.2, -0.15) is 0 Å². The maximum atomic E-state index is 3.45. The Kier molecular flexibility index (Phi) is 1.66. The molecule has 0 aromatic heterocycles. The second kappa shape index (κ2) is 2.67. The molecular formula is C10H13N. The molecule has 2 rings (SSSR count). The molecule has 11 heavy (non-hydrogen) atoms. The maximum Gasteiger partial charge on any atom is 0.0512 e. The highest BCUT2D eigenvalue weighted by Crippen LogP contribution is 2.26. The summed E-state index contributed by atoms with van der Waals surface area (Å²) in [5.74, 6) is 0. The van der Waals surface area contributed by atoms with Crippen LogP contribution in [0.2, 0.25) is 0 Å². The summed E-state index contributed by atoms with van der Waals surface area (Å²) in [5.41, 5.74) is 2.86. The molecule has 1 unspecified atom stereocenters. The molecule has 0 amide bonds. The topological polar surface area (TPSA) is 12.0 Å². The average molecular weight is 147 g/mol. The van der Waals surface area contributed by atoms with E-state index in [0.717, 1.165) is 6.54 Å². The van der Waals surface area contributed by atoms with E-state index in [-0.39, 0.29) is 0 Å². The summed E-state index contributed by atoms with van der Waals surface area (Å²) in [5, 5.41) is 3.45. The molecule has 0 saturated carbocycles. The Balaban J connectivity index is 2.33. The Morgan fingerprint density at radius 1 is 1.64 bits per heavy atom. The van der Waals surface area contributed by atoms with Crippen molar-refractivity contribution in [2.24, 2.45) is 0 Å². The lowest BCUT2D eigenvalue weighted by molar-refractivity contribution is 0.638. The average Bonchev–Trinajstić information content (AvgIpc) is 2.47. The molecule has 1 aliphatic carbocycles. The van der Waals surface area contributed by atoms with Gasteiger partial charge in [-0.1, -0.05) is 24.3 Å². The minimum absolute atomic E-state index is 0.509. The van der Waals surface area contributed by atoms with Crippen LogP contribution in [0.5, 0.6) is 0 Å². The normalized spacial score (nSPS) is 32.3. The van der Waals surface area contributed by atoms with Gasteiger partial charge >= 0.3 is 0 Å². The number of fused-ring (bicyclic) bond motifs is 1. The van der Waals surface area contributed by atoms with Crippen LogP contribution in [0.3, 0.4) is 0 Å². The lowest BCUT2D eigenvalue weighted by Crippen LogP contribution is -2.31. The first-order valence-corrected chi connectivity index (χ1v) is 4.20. The molecule has 0 spiro atoms. The molecule has 1 N–H and O–H groups in total. The van der Waals surface area contributed by atoms with Crippen molar-refractivity contribution in [2.45, 2.75) is 19.4 Å². The fraction of sp³-hybridized carbons (Fsp3) is 0.400. The van der Waals surface area contributed by atoms with Crippen LogP contribution in [0.1, 0.15) is 13.3 Å². The van der Waals surface area contributed by atoms with Gasteiger partial charge in [0.1, 0.15) is 0 Å². The maximum absolute atomic E-state index is 3.45. The third kappa shape index (κ3) is 1.05. The third-order valence-electron chi connectivity index (χ3n) is 2.32. The van der Waals surface area contributed by atoms with Crippen molar-refractivity contribution < 1.29 is 0 Å². The molecule has 58 valence electrons. The lowest BCUT2D eigenvalue weighted by Gasteiger charge is -2.18. The summed E-state index contributed by atoms with van der Waals surface area (Å²) >= 11 is 0. The van der Waals surface area contributed by atoms with Gasteiger partial charge in [0.25, 0.3) is 0 Å². The van der Waals surface area contributed by atoms with E-state index in [4.69, 9.17) is 0 Å². The molecule has 1 atom stereocenters. The van der Waals surface area contributed by atoms with Crippen LogP contribution in [-0.2, 0) is 0 Å². The van der Waals surface area contributed by atoms with Gasteiger partial charge in [0, 0.05) is 0 Å². The van der Waals surface area contributed by atoms with E-state index in [1.807, 2.05) is 0 Å². The molecule has 0 radical (unpaired) electrons. The molecule has 0 fully saturated rings. The van der Waals surface area contributed by atoms with Crippen LogP contribution >= 0.6 is 0 Å². The van der Waals surface area contributed by atoms with Crippen LogP contribution in [0.15, 0.2) is 35.5 Å². The highest BCUT2D eigenvalue weighted by Gasteiger charge is 2.20. The minimum Gasteiger partial charge on any atom is -0.306 e. The third-order valence-corrected chi connectivity index (χ3v) is 2.32. The van der Waals surface area contributed by atoms with E-state index >= 15 is 0 Å². The van der Waals surface area contributed by atoms with Crippen LogP contribution in [0.4, 0.5) is 0 Å². The molecule has 1 heteroatoms. The van der Waals surface area contributed by atoms with Crippen molar-refractivity contribution in [1.82, 2.24) is 5.32 Å². The van der Waals surface area contributed by atoms with Gasteiger partial charge in [-0.3, -0.25) is 0 Å². The van der Waals surface area contributed by atoms with Gasteiger partial charge in [0.15, 0.2) is 0 Å². The molecular weight excluding hydrogens is 134 g/mol. The highest BCUT2D eigenvalue weighted by atomic mass is 14.9. The molecule has 0 aromatic rings. The van der Waals surface area contributed by atoms with E-state index in [0.29, 0.717) is 6.04 Å². The standard InChI is InChI=1S/C10H13N/c1-2-8-5-6-10-9(8)4-3-7-11-10/h2,4-6,10-11H,3,7H2,1H3/b8-2+. The number of hydrogen-bond acceptors (Lipinski definition) is 1. The van der Waals surface area contributed by atoms with Crippen LogP contribution in [0.25, 0.3) is 0 Å². The zero-order valence-electron chi connectivity index (χ0n) is 6.80. The second-order valence-corrected chi connectivity index (χ2v) is 2.98. The lowest BCUT2D eigenvalue weighted by atomic mass is 10.0. The second-order valence-electron chi connectivity index (χ2n) is 2.98. The van der Waals surface area contributed by atoms with Gasteiger partial charge in [-0.15, -0.1) is 0 Å². The molecule has 2 aliphatic rings. The Morgan fingerprint density at radius 3 is 3.36 bits per heavy atom. The summed E-state index contributed by atoms with van der Waals surface area (Å²) in [6.45, 7) is 3.22. The Bertz CT molecular complexity index is 246. The fourth-order valence-electron chi connectivity index (χ4n) is 1.73. The van der Waals surface area contributed by atoms with Crippen molar-refractivity contribution in [3.8, 4) is 0 Å². The van der Waals surface area contributed by atoms with E-state index < -0.39 is 0 Å². The van der Waals surface area contributed by atoms with E-state index in [1.54, 1.807) is 0 Å². The molecule has 0 saturated heterocycles. The Morgan fingerprint density at radius 2 is 2.55 bits per heavy atom. The summed E-state index contributed by atoms with van der Waals surface area (Å²) in [4.78, 5) is 0. The van der Waals surface area contributed by atoms with Crippen molar-refractivity contribution >= 4 is 0 Å². The summed E-state index contributed by atoms with van der Waals surface area (Å²) in [6.07, 6.45) is 10.1. The number of rotatable bonds is 0. The SMILES string of the molecule is C/C=C1\C=CC2NCCC=C12. The number of nitrogens with one attached hydrogen (secondary N) is 1. The fourth-order valence-corrected chi connectivity index (χ4v) is 1.73. The molecule has 1 heterocycles. The van der Waals surface area contributed by atoms with Crippen LogP contribution in [-0.4, -0.2) is 12.6 Å². The van der Waals surface area contributed by atoms with Gasteiger partial charge in [0.05, 0.1) is 6.04 Å². The summed E-state index contributed by atoms with van der Waals surface area (Å²) in [7, 11) is 0. The molecule has 1 aliphatic heterocycles. The van der Waals surface area contributed by atoms with Crippen LogP contribution in [0, 0.1) is 0 Å². The van der Waals surface area contributed by atoms with Gasteiger partial charge < -0.3 is 5.32 Å². The zero-order chi connectivity index (χ0) is 7.68. The van der Waals surface area contributed by atoms with E-state index in [1.165, 1.54) is 17.6 Å². The molecule has 1 nitrogen and oxygen atoms in total. The summed E-state index contributed by atoms with van der Waals surface area (Å²) < 4.78 is 0. The quantitative estimate of drug-likeness (QED) is 0.551. The zero-order valence-corrected chi connectivity index (χ0v) is 6.80. The Labute approximate surface area is 67.5 Å². The van der Waals surface area contributed by atoms with Crippen molar-refractivity contribution in [3.05, 3.63) is 35.5 Å². The van der Waals surface area contributed by atoms with Gasteiger partial charge in [-0.25, -0.2) is 0 Å². The minimum atomic E-state index is 0.509. The highest BCUT2D eigenvalue weighted by molar-refractivity contribution is 5.51. The van der Waals surface area contributed by atoms with E-state index in [9.17, 15) is 0 Å². The smallest absolute Gasteiger partial charge is 0.0512 e.